The van der Waals surface area contributed by atoms with Crippen LogP contribution < -0.4 is 4.74 Å². The summed E-state index contributed by atoms with van der Waals surface area (Å²) in [6.07, 6.45) is 0.618. The number of rotatable bonds is 6. The Kier molecular flexibility index (Phi) is 5.86. The lowest BCUT2D eigenvalue weighted by Gasteiger charge is -2.15. The minimum absolute atomic E-state index is 0.250. The standard InChI is InChI=1S/C19H20ClNO/c1-14(2)16-7-4-6-10-19(16)22-12-11-15(13-21)17-8-3-5-9-18(17)20/h3-10,14-15H,11-12H2,1-2H3. The van der Waals surface area contributed by atoms with Gasteiger partial charge in [0.1, 0.15) is 5.75 Å². The second-order valence-corrected chi connectivity index (χ2v) is 5.94. The normalized spacial score (nSPS) is 12.0. The second-order valence-electron chi connectivity index (χ2n) is 5.53. The van der Waals surface area contributed by atoms with Gasteiger partial charge in [0.15, 0.2) is 0 Å². The van der Waals surface area contributed by atoms with Crippen molar-refractivity contribution in [2.75, 3.05) is 6.61 Å². The topological polar surface area (TPSA) is 33.0 Å². The van der Waals surface area contributed by atoms with E-state index in [1.54, 1.807) is 0 Å². The number of hydrogen-bond donors (Lipinski definition) is 0. The molecule has 0 aromatic heterocycles. The maximum Gasteiger partial charge on any atom is 0.122 e. The van der Waals surface area contributed by atoms with E-state index in [2.05, 4.69) is 26.0 Å². The Morgan fingerprint density at radius 1 is 1.05 bits per heavy atom. The van der Waals surface area contributed by atoms with Gasteiger partial charge in [-0.1, -0.05) is 61.8 Å². The average Bonchev–Trinajstić information content (AvgIpc) is 2.53. The molecule has 2 rings (SSSR count). The van der Waals surface area contributed by atoms with E-state index in [1.807, 2.05) is 42.5 Å². The Morgan fingerprint density at radius 3 is 2.32 bits per heavy atom. The van der Waals surface area contributed by atoms with Crippen molar-refractivity contribution >= 4 is 11.6 Å². The van der Waals surface area contributed by atoms with Gasteiger partial charge in [-0.25, -0.2) is 0 Å². The summed E-state index contributed by atoms with van der Waals surface area (Å²) in [5, 5.41) is 10.0. The molecule has 3 heteroatoms. The highest BCUT2D eigenvalue weighted by molar-refractivity contribution is 6.31. The minimum atomic E-state index is -0.250. The average molecular weight is 314 g/mol. The maximum atomic E-state index is 9.38. The van der Waals surface area contributed by atoms with E-state index < -0.39 is 0 Å². The van der Waals surface area contributed by atoms with Crippen molar-refractivity contribution in [1.29, 1.82) is 5.26 Å². The van der Waals surface area contributed by atoms with E-state index in [-0.39, 0.29) is 5.92 Å². The molecule has 0 spiro atoms. The van der Waals surface area contributed by atoms with Crippen LogP contribution in [0.1, 0.15) is 43.2 Å². The smallest absolute Gasteiger partial charge is 0.122 e. The van der Waals surface area contributed by atoms with Crippen LogP contribution in [0, 0.1) is 11.3 Å². The number of hydrogen-bond acceptors (Lipinski definition) is 2. The molecule has 0 fully saturated rings. The molecule has 0 aliphatic rings. The van der Waals surface area contributed by atoms with Crippen molar-refractivity contribution in [3.05, 3.63) is 64.7 Å². The van der Waals surface area contributed by atoms with E-state index in [1.165, 1.54) is 5.56 Å². The van der Waals surface area contributed by atoms with Crippen LogP contribution in [0.15, 0.2) is 48.5 Å². The molecule has 2 nitrogen and oxygen atoms in total. The lowest BCUT2D eigenvalue weighted by molar-refractivity contribution is 0.302. The van der Waals surface area contributed by atoms with Gasteiger partial charge < -0.3 is 4.74 Å². The molecule has 2 aromatic carbocycles. The summed E-state index contributed by atoms with van der Waals surface area (Å²) in [5.74, 6) is 1.06. The Labute approximate surface area is 137 Å². The zero-order valence-corrected chi connectivity index (χ0v) is 13.7. The van der Waals surface area contributed by atoms with Gasteiger partial charge in [0.25, 0.3) is 0 Å². The van der Waals surface area contributed by atoms with Crippen LogP contribution in [0.5, 0.6) is 5.75 Å². The third-order valence-corrected chi connectivity index (χ3v) is 3.99. The van der Waals surface area contributed by atoms with Crippen LogP contribution >= 0.6 is 11.6 Å². The van der Waals surface area contributed by atoms with Gasteiger partial charge in [0.2, 0.25) is 0 Å². The number of halogens is 1. The van der Waals surface area contributed by atoms with Crippen molar-refractivity contribution < 1.29 is 4.74 Å². The quantitative estimate of drug-likeness (QED) is 0.701. The van der Waals surface area contributed by atoms with E-state index in [0.29, 0.717) is 24.0 Å². The highest BCUT2D eigenvalue weighted by Gasteiger charge is 2.14. The minimum Gasteiger partial charge on any atom is -0.493 e. The number of nitriles is 1. The van der Waals surface area contributed by atoms with Gasteiger partial charge in [-0.3, -0.25) is 0 Å². The van der Waals surface area contributed by atoms with Crippen molar-refractivity contribution in [3.8, 4) is 11.8 Å². The third-order valence-electron chi connectivity index (χ3n) is 3.64. The van der Waals surface area contributed by atoms with Crippen LogP contribution in [0.4, 0.5) is 0 Å². The van der Waals surface area contributed by atoms with E-state index in [4.69, 9.17) is 16.3 Å². The lowest BCUT2D eigenvalue weighted by atomic mass is 9.97. The number of benzene rings is 2. The molecular weight excluding hydrogens is 294 g/mol. The van der Waals surface area contributed by atoms with Crippen molar-refractivity contribution in [3.63, 3.8) is 0 Å². The molecular formula is C19H20ClNO. The maximum absolute atomic E-state index is 9.38. The van der Waals surface area contributed by atoms with Gasteiger partial charge in [0, 0.05) is 11.4 Å². The first-order valence-electron chi connectivity index (χ1n) is 7.49. The zero-order valence-electron chi connectivity index (χ0n) is 12.9. The van der Waals surface area contributed by atoms with Gasteiger partial charge in [0.05, 0.1) is 18.6 Å². The molecule has 0 heterocycles. The molecule has 0 saturated carbocycles. The van der Waals surface area contributed by atoms with Crippen molar-refractivity contribution in [1.82, 2.24) is 0 Å². The van der Waals surface area contributed by atoms with Crippen LogP contribution in [0.2, 0.25) is 5.02 Å². The Morgan fingerprint density at radius 2 is 1.68 bits per heavy atom. The largest absolute Gasteiger partial charge is 0.493 e. The molecule has 0 aliphatic heterocycles. The van der Waals surface area contributed by atoms with Gasteiger partial charge in [-0.15, -0.1) is 0 Å². The first-order chi connectivity index (χ1) is 10.6. The van der Waals surface area contributed by atoms with Crippen molar-refractivity contribution in [2.24, 2.45) is 0 Å². The fraction of sp³-hybridized carbons (Fsp3) is 0.316. The third kappa shape index (κ3) is 4.02. The lowest BCUT2D eigenvalue weighted by Crippen LogP contribution is -2.06. The van der Waals surface area contributed by atoms with Crippen molar-refractivity contribution in [2.45, 2.75) is 32.1 Å². The summed E-state index contributed by atoms with van der Waals surface area (Å²) in [6.45, 7) is 4.78. The van der Waals surface area contributed by atoms with E-state index in [9.17, 15) is 5.26 Å². The molecule has 0 radical (unpaired) electrons. The molecule has 114 valence electrons. The summed E-state index contributed by atoms with van der Waals surface area (Å²) in [5.41, 5.74) is 2.06. The molecule has 1 unspecified atom stereocenters. The van der Waals surface area contributed by atoms with Crippen LogP contribution in [0.3, 0.4) is 0 Å². The molecule has 0 bridgehead atoms. The van der Waals surface area contributed by atoms with Crippen LogP contribution in [0.25, 0.3) is 0 Å². The van der Waals surface area contributed by atoms with Gasteiger partial charge in [-0.2, -0.15) is 5.26 Å². The van der Waals surface area contributed by atoms with Crippen LogP contribution in [-0.2, 0) is 0 Å². The van der Waals surface area contributed by atoms with Crippen LogP contribution in [-0.4, -0.2) is 6.61 Å². The number of nitrogens with zero attached hydrogens (tertiary/aromatic N) is 1. The predicted octanol–water partition coefficient (Wildman–Crippen LogP) is 5.54. The number of ether oxygens (including phenoxy) is 1. The molecule has 2 aromatic rings. The predicted molar refractivity (Wildman–Crippen MR) is 90.4 cm³/mol. The summed E-state index contributed by atoms with van der Waals surface area (Å²) in [7, 11) is 0. The molecule has 0 N–H and O–H groups in total. The second kappa shape index (κ2) is 7.87. The monoisotopic (exact) mass is 313 g/mol. The van der Waals surface area contributed by atoms with Gasteiger partial charge >= 0.3 is 0 Å². The summed E-state index contributed by atoms with van der Waals surface area (Å²) in [4.78, 5) is 0. The molecule has 1 atom stereocenters. The van der Waals surface area contributed by atoms with Gasteiger partial charge in [-0.05, 0) is 29.2 Å². The summed E-state index contributed by atoms with van der Waals surface area (Å²) >= 11 is 6.17. The first kappa shape index (κ1) is 16.4. The summed E-state index contributed by atoms with van der Waals surface area (Å²) in [6, 6.07) is 17.9. The fourth-order valence-corrected chi connectivity index (χ4v) is 2.69. The molecule has 0 aliphatic carbocycles. The Bertz CT molecular complexity index is 660. The summed E-state index contributed by atoms with van der Waals surface area (Å²) < 4.78 is 5.90. The Hall–Kier alpha value is -1.98. The molecule has 22 heavy (non-hydrogen) atoms. The molecule has 0 saturated heterocycles. The number of para-hydroxylation sites is 1. The van der Waals surface area contributed by atoms with E-state index in [0.717, 1.165) is 11.3 Å². The Balaban J connectivity index is 2.01. The molecule has 0 amide bonds. The zero-order chi connectivity index (χ0) is 15.9. The first-order valence-corrected chi connectivity index (χ1v) is 7.87. The highest BCUT2D eigenvalue weighted by atomic mass is 35.5. The highest BCUT2D eigenvalue weighted by Crippen LogP contribution is 2.29. The van der Waals surface area contributed by atoms with E-state index >= 15 is 0 Å². The fourth-order valence-electron chi connectivity index (χ4n) is 2.42. The SMILES string of the molecule is CC(C)c1ccccc1OCCC(C#N)c1ccccc1Cl.